The average molecular weight is 528 g/mol. The Balaban J connectivity index is 1.70. The second kappa shape index (κ2) is 9.96. The van der Waals surface area contributed by atoms with Gasteiger partial charge in [0.15, 0.2) is 6.29 Å². The van der Waals surface area contributed by atoms with Crippen molar-refractivity contribution in [1.82, 2.24) is 0 Å². The van der Waals surface area contributed by atoms with E-state index in [9.17, 15) is 4.79 Å². The van der Waals surface area contributed by atoms with Crippen molar-refractivity contribution in [3.05, 3.63) is 112 Å². The number of ether oxygens (including phenoxy) is 2. The van der Waals surface area contributed by atoms with E-state index >= 15 is 0 Å². The number of anilines is 1. The molecule has 4 aromatic carbocycles. The molecule has 176 valence electrons. The lowest BCUT2D eigenvalue weighted by atomic mass is 9.86. The monoisotopic (exact) mass is 527 g/mol. The number of fused-ring (bicyclic) bond motifs is 1. The summed E-state index contributed by atoms with van der Waals surface area (Å²) in [5, 5.41) is 0. The molecule has 0 aromatic heterocycles. The van der Waals surface area contributed by atoms with Gasteiger partial charge in [0.05, 0.1) is 25.9 Å². The van der Waals surface area contributed by atoms with Gasteiger partial charge in [0.2, 0.25) is 0 Å². The third-order valence-electron chi connectivity index (χ3n) is 6.63. The van der Waals surface area contributed by atoms with Crippen LogP contribution in [0.2, 0.25) is 0 Å². The Morgan fingerprint density at radius 2 is 1.63 bits per heavy atom. The molecular weight excluding hydrogens is 502 g/mol. The molecule has 1 unspecified atom stereocenters. The molecule has 0 amide bonds. The summed E-state index contributed by atoms with van der Waals surface area (Å²) in [7, 11) is 3.37. The highest BCUT2D eigenvalue weighted by Crippen LogP contribution is 2.46. The molecular formula is C30H26BrNO3. The van der Waals surface area contributed by atoms with Gasteiger partial charge in [0, 0.05) is 28.2 Å². The number of carbonyl (C=O) groups is 1. The molecule has 0 saturated carbocycles. The topological polar surface area (TPSA) is 38.8 Å². The van der Waals surface area contributed by atoms with Crippen molar-refractivity contribution in [2.75, 3.05) is 25.7 Å². The van der Waals surface area contributed by atoms with E-state index in [-0.39, 0.29) is 6.04 Å². The van der Waals surface area contributed by atoms with Crippen LogP contribution in [0.5, 0.6) is 11.5 Å². The Bertz CT molecular complexity index is 1340. The second-order valence-electron chi connectivity index (χ2n) is 8.53. The Morgan fingerprint density at radius 3 is 2.31 bits per heavy atom. The fraction of sp³-hybridized carbons (Fsp3) is 0.167. The molecule has 5 heteroatoms. The van der Waals surface area contributed by atoms with Gasteiger partial charge in [-0.15, -0.1) is 0 Å². The van der Waals surface area contributed by atoms with Gasteiger partial charge in [-0.25, -0.2) is 0 Å². The molecule has 0 radical (unpaired) electrons. The fourth-order valence-corrected chi connectivity index (χ4v) is 5.60. The summed E-state index contributed by atoms with van der Waals surface area (Å²) in [4.78, 5) is 14.3. The number of rotatable bonds is 6. The maximum Gasteiger partial charge on any atom is 0.152 e. The predicted octanol–water partition coefficient (Wildman–Crippen LogP) is 7.10. The van der Waals surface area contributed by atoms with E-state index in [0.717, 1.165) is 57.6 Å². The quantitative estimate of drug-likeness (QED) is 0.250. The molecule has 4 nitrogen and oxygen atoms in total. The number of para-hydroxylation sites is 1. The van der Waals surface area contributed by atoms with Gasteiger partial charge in [0.1, 0.15) is 11.5 Å². The first-order chi connectivity index (χ1) is 17.1. The van der Waals surface area contributed by atoms with Crippen molar-refractivity contribution in [3.8, 4) is 22.6 Å². The van der Waals surface area contributed by atoms with Crippen LogP contribution in [0.1, 0.15) is 33.1 Å². The minimum atomic E-state index is -0.137. The highest BCUT2D eigenvalue weighted by Gasteiger charge is 2.34. The Kier molecular flexibility index (Phi) is 6.60. The first kappa shape index (κ1) is 23.2. The summed E-state index contributed by atoms with van der Waals surface area (Å²) in [5.41, 5.74) is 7.30. The third kappa shape index (κ3) is 4.32. The zero-order valence-electron chi connectivity index (χ0n) is 19.7. The molecule has 0 saturated heterocycles. The Hall–Kier alpha value is -3.57. The Labute approximate surface area is 214 Å². The lowest BCUT2D eigenvalue weighted by Crippen LogP contribution is -2.37. The smallest absolute Gasteiger partial charge is 0.152 e. The zero-order valence-corrected chi connectivity index (χ0v) is 21.3. The molecule has 0 N–H and O–H groups in total. The van der Waals surface area contributed by atoms with E-state index in [1.807, 2.05) is 30.3 Å². The molecule has 0 bridgehead atoms. The average Bonchev–Trinajstić information content (AvgIpc) is 2.92. The number of carbonyl (C=O) groups excluding carboxylic acids is 1. The van der Waals surface area contributed by atoms with Crippen LogP contribution < -0.4 is 14.4 Å². The van der Waals surface area contributed by atoms with Crippen LogP contribution in [0.15, 0.2) is 89.4 Å². The predicted molar refractivity (Wildman–Crippen MR) is 144 cm³/mol. The molecule has 1 atom stereocenters. The van der Waals surface area contributed by atoms with Crippen molar-refractivity contribution in [2.24, 2.45) is 0 Å². The normalized spacial score (nSPS) is 14.8. The maximum atomic E-state index is 12.0. The van der Waals surface area contributed by atoms with Crippen molar-refractivity contribution in [1.29, 1.82) is 0 Å². The zero-order chi connectivity index (χ0) is 24.4. The van der Waals surface area contributed by atoms with E-state index in [4.69, 9.17) is 9.47 Å². The number of methoxy groups -OCH3 is 2. The molecule has 5 rings (SSSR count). The van der Waals surface area contributed by atoms with Gasteiger partial charge in [0.25, 0.3) is 0 Å². The number of aldehydes is 1. The lowest BCUT2D eigenvalue weighted by molar-refractivity contribution is 0.112. The third-order valence-corrected chi connectivity index (χ3v) is 7.27. The first-order valence-corrected chi connectivity index (χ1v) is 12.3. The Morgan fingerprint density at radius 1 is 0.886 bits per heavy atom. The summed E-state index contributed by atoms with van der Waals surface area (Å²) in [6.45, 7) is 0.748. The molecule has 4 aromatic rings. The fourth-order valence-electron chi connectivity index (χ4n) is 4.99. The molecule has 1 aliphatic heterocycles. The standard InChI is InChI=1S/C30H26BrNO3/c1-34-25-17-23-15-16-32(29-24(19-33)9-6-10-26(29)31)30(28(23)27(18-25)35-2)22-13-11-21(12-14-22)20-7-4-3-5-8-20/h3-14,17-19,30H,15-16H2,1-2H3. The molecule has 1 aliphatic rings. The molecule has 35 heavy (non-hydrogen) atoms. The molecule has 1 heterocycles. The number of hydrogen-bond acceptors (Lipinski definition) is 4. The van der Waals surface area contributed by atoms with E-state index in [1.165, 1.54) is 11.1 Å². The summed E-state index contributed by atoms with van der Waals surface area (Å²) in [5.74, 6) is 1.56. The van der Waals surface area contributed by atoms with Gasteiger partial charge in [-0.3, -0.25) is 4.79 Å². The van der Waals surface area contributed by atoms with Crippen LogP contribution in [0.3, 0.4) is 0 Å². The highest BCUT2D eigenvalue weighted by atomic mass is 79.9. The van der Waals surface area contributed by atoms with Crippen LogP contribution in [0, 0.1) is 0 Å². The van der Waals surface area contributed by atoms with Crippen LogP contribution in [0.25, 0.3) is 11.1 Å². The number of hydrogen-bond donors (Lipinski definition) is 0. The molecule has 0 aliphatic carbocycles. The lowest BCUT2D eigenvalue weighted by Gasteiger charge is -2.41. The highest BCUT2D eigenvalue weighted by molar-refractivity contribution is 9.10. The van der Waals surface area contributed by atoms with Gasteiger partial charge in [-0.2, -0.15) is 0 Å². The van der Waals surface area contributed by atoms with Crippen LogP contribution in [-0.4, -0.2) is 27.1 Å². The van der Waals surface area contributed by atoms with E-state index < -0.39 is 0 Å². The number of benzene rings is 4. The molecule has 0 spiro atoms. The minimum absolute atomic E-state index is 0.137. The van der Waals surface area contributed by atoms with Gasteiger partial charge >= 0.3 is 0 Å². The maximum absolute atomic E-state index is 12.0. The van der Waals surface area contributed by atoms with E-state index in [1.54, 1.807) is 14.2 Å². The van der Waals surface area contributed by atoms with Gasteiger partial charge in [-0.1, -0.05) is 60.7 Å². The first-order valence-electron chi connectivity index (χ1n) is 11.5. The number of nitrogens with zero attached hydrogens (tertiary/aromatic N) is 1. The summed E-state index contributed by atoms with van der Waals surface area (Å²) >= 11 is 3.71. The van der Waals surface area contributed by atoms with E-state index in [0.29, 0.717) is 5.56 Å². The van der Waals surface area contributed by atoms with E-state index in [2.05, 4.69) is 75.4 Å². The van der Waals surface area contributed by atoms with Crippen molar-refractivity contribution in [3.63, 3.8) is 0 Å². The summed E-state index contributed by atoms with van der Waals surface area (Å²) in [6.07, 6.45) is 1.73. The van der Waals surface area contributed by atoms with Crippen LogP contribution >= 0.6 is 15.9 Å². The summed E-state index contributed by atoms with van der Waals surface area (Å²) in [6, 6.07) is 28.7. The SMILES string of the molecule is COc1cc2c(c(OC)c1)C(c1ccc(-c3ccccc3)cc1)N(c1c(Br)cccc1C=O)CC2. The van der Waals surface area contributed by atoms with Crippen molar-refractivity contribution < 1.29 is 14.3 Å². The number of halogens is 1. The van der Waals surface area contributed by atoms with Gasteiger partial charge in [-0.05, 0) is 62.8 Å². The largest absolute Gasteiger partial charge is 0.497 e. The molecule has 0 fully saturated rings. The van der Waals surface area contributed by atoms with Crippen LogP contribution in [-0.2, 0) is 6.42 Å². The van der Waals surface area contributed by atoms with Crippen molar-refractivity contribution >= 4 is 27.9 Å². The minimum Gasteiger partial charge on any atom is -0.497 e. The summed E-state index contributed by atoms with van der Waals surface area (Å²) < 4.78 is 12.3. The van der Waals surface area contributed by atoms with Crippen LogP contribution in [0.4, 0.5) is 5.69 Å². The van der Waals surface area contributed by atoms with Gasteiger partial charge < -0.3 is 14.4 Å². The second-order valence-corrected chi connectivity index (χ2v) is 9.39. The van der Waals surface area contributed by atoms with Crippen molar-refractivity contribution in [2.45, 2.75) is 12.5 Å².